The predicted octanol–water partition coefficient (Wildman–Crippen LogP) is 3.47. The zero-order valence-corrected chi connectivity index (χ0v) is 12.4. The molecule has 0 aliphatic rings. The molecule has 0 saturated heterocycles. The van der Waals surface area contributed by atoms with Crippen molar-refractivity contribution in [3.63, 3.8) is 0 Å². The van der Waals surface area contributed by atoms with Gasteiger partial charge in [-0.1, -0.05) is 29.8 Å². The molecule has 116 valence electrons. The van der Waals surface area contributed by atoms with Gasteiger partial charge in [0.2, 0.25) is 0 Å². The molecule has 2 aromatic rings. The molecular formula is C16H10ClFN2O3. The van der Waals surface area contributed by atoms with E-state index in [0.29, 0.717) is 0 Å². The molecule has 0 unspecified atom stereocenters. The lowest BCUT2D eigenvalue weighted by Crippen LogP contribution is -2.33. The maximum Gasteiger partial charge on any atom is 0.419 e. The molecule has 0 heterocycles. The fraction of sp³-hybridized carbons (Fsp3) is 0.0625. The highest BCUT2D eigenvalue weighted by atomic mass is 35.5. The number of ether oxygens (including phenoxy) is 1. The van der Waals surface area contributed by atoms with Gasteiger partial charge in [0.15, 0.2) is 0 Å². The Kier molecular flexibility index (Phi) is 5.28. The van der Waals surface area contributed by atoms with Crippen LogP contribution in [0.15, 0.2) is 42.5 Å². The van der Waals surface area contributed by atoms with Crippen LogP contribution in [0.5, 0.6) is 5.75 Å². The van der Waals surface area contributed by atoms with Crippen molar-refractivity contribution in [3.8, 4) is 11.8 Å². The van der Waals surface area contributed by atoms with E-state index in [2.05, 4.69) is 0 Å². The summed E-state index contributed by atoms with van der Waals surface area (Å²) >= 11 is 5.74. The van der Waals surface area contributed by atoms with E-state index < -0.39 is 23.4 Å². The molecule has 1 N–H and O–H groups in total. The minimum atomic E-state index is -1.07. The molecule has 0 fully saturated rings. The second-order valence-electron chi connectivity index (χ2n) is 4.42. The van der Waals surface area contributed by atoms with Gasteiger partial charge in [-0.25, -0.2) is 9.18 Å². The van der Waals surface area contributed by atoms with Crippen LogP contribution >= 0.6 is 11.6 Å². The molecule has 23 heavy (non-hydrogen) atoms. The summed E-state index contributed by atoms with van der Waals surface area (Å²) in [5, 5.41) is 10.3. The van der Waals surface area contributed by atoms with E-state index in [0.717, 1.165) is 11.6 Å². The minimum Gasteiger partial charge on any atom is -0.410 e. The van der Waals surface area contributed by atoms with E-state index in [1.54, 1.807) is 12.1 Å². The predicted molar refractivity (Wildman–Crippen MR) is 80.7 cm³/mol. The van der Waals surface area contributed by atoms with E-state index in [4.69, 9.17) is 21.6 Å². The summed E-state index contributed by atoms with van der Waals surface area (Å²) in [6, 6.07) is 11.9. The first-order chi connectivity index (χ1) is 11.0. The smallest absolute Gasteiger partial charge is 0.410 e. The van der Waals surface area contributed by atoms with Crippen molar-refractivity contribution < 1.29 is 18.7 Å². The van der Waals surface area contributed by atoms with Gasteiger partial charge in [-0.3, -0.25) is 10.1 Å². The number of benzene rings is 2. The number of halogens is 2. The Labute approximate surface area is 136 Å². The summed E-state index contributed by atoms with van der Waals surface area (Å²) in [5.41, 5.74) is 0.324. The molecule has 0 aliphatic heterocycles. The van der Waals surface area contributed by atoms with Crippen molar-refractivity contribution in [2.24, 2.45) is 0 Å². The third-order valence-corrected chi connectivity index (χ3v) is 3.14. The number of nitrogens with one attached hydrogen (secondary N) is 1. The number of rotatable bonds is 3. The molecule has 0 spiro atoms. The third-order valence-electron chi connectivity index (χ3n) is 2.82. The van der Waals surface area contributed by atoms with Crippen LogP contribution in [0.25, 0.3) is 0 Å². The Bertz CT molecular complexity index is 765. The first kappa shape index (κ1) is 16.5. The Hall–Kier alpha value is -2.91. The Morgan fingerprint density at radius 2 is 1.91 bits per heavy atom. The SMILES string of the molecule is N#CCc1ccc(OC(=O)NC(=O)c2c(F)cccc2Cl)cc1. The average Bonchev–Trinajstić information content (AvgIpc) is 2.49. The van der Waals surface area contributed by atoms with E-state index in [9.17, 15) is 14.0 Å². The van der Waals surface area contributed by atoms with Crippen molar-refractivity contribution >= 4 is 23.6 Å². The monoisotopic (exact) mass is 332 g/mol. The molecule has 7 heteroatoms. The number of imide groups is 1. The second-order valence-corrected chi connectivity index (χ2v) is 4.83. The minimum absolute atomic E-state index is 0.115. The number of nitriles is 1. The van der Waals surface area contributed by atoms with Crippen molar-refractivity contribution in [1.82, 2.24) is 5.32 Å². The van der Waals surface area contributed by atoms with Crippen LogP contribution in [-0.2, 0) is 6.42 Å². The fourth-order valence-corrected chi connectivity index (χ4v) is 2.02. The molecule has 2 amide bonds. The average molecular weight is 333 g/mol. The van der Waals surface area contributed by atoms with Gasteiger partial charge in [-0.2, -0.15) is 5.26 Å². The molecule has 2 aromatic carbocycles. The number of hydrogen-bond acceptors (Lipinski definition) is 4. The van der Waals surface area contributed by atoms with Gasteiger partial charge in [-0.15, -0.1) is 0 Å². The van der Waals surface area contributed by atoms with Gasteiger partial charge >= 0.3 is 6.09 Å². The number of carbonyl (C=O) groups excluding carboxylic acids is 2. The van der Waals surface area contributed by atoms with Crippen molar-refractivity contribution in [1.29, 1.82) is 5.26 Å². The summed E-state index contributed by atoms with van der Waals surface area (Å²) in [6.07, 6.45) is -0.834. The zero-order chi connectivity index (χ0) is 16.8. The largest absolute Gasteiger partial charge is 0.419 e. The first-order valence-corrected chi connectivity index (χ1v) is 6.82. The lowest BCUT2D eigenvalue weighted by atomic mass is 10.2. The maximum absolute atomic E-state index is 13.6. The number of carbonyl (C=O) groups is 2. The zero-order valence-electron chi connectivity index (χ0n) is 11.7. The van der Waals surface area contributed by atoms with Gasteiger partial charge < -0.3 is 4.74 Å². The standard InChI is InChI=1S/C16H10ClFN2O3/c17-12-2-1-3-13(18)14(12)15(21)20-16(22)23-11-6-4-10(5-7-11)8-9-19/h1-7H,8H2,(H,20,21,22). The molecule has 0 saturated carbocycles. The molecule has 5 nitrogen and oxygen atoms in total. The van der Waals surface area contributed by atoms with Crippen LogP contribution in [0.2, 0.25) is 5.02 Å². The third kappa shape index (κ3) is 4.28. The van der Waals surface area contributed by atoms with Crippen LogP contribution in [0.1, 0.15) is 15.9 Å². The highest BCUT2D eigenvalue weighted by molar-refractivity contribution is 6.34. The Morgan fingerprint density at radius 1 is 1.22 bits per heavy atom. The van der Waals surface area contributed by atoms with E-state index in [1.165, 1.54) is 24.3 Å². The van der Waals surface area contributed by atoms with Crippen LogP contribution in [0.3, 0.4) is 0 Å². The molecule has 0 bridgehead atoms. The molecule has 0 aliphatic carbocycles. The normalized spacial score (nSPS) is 9.78. The quantitative estimate of drug-likeness (QED) is 0.933. The summed E-state index contributed by atoms with van der Waals surface area (Å²) in [5.74, 6) is -1.67. The fourth-order valence-electron chi connectivity index (χ4n) is 1.77. The van der Waals surface area contributed by atoms with E-state index >= 15 is 0 Å². The molecule has 0 atom stereocenters. The van der Waals surface area contributed by atoms with Crippen LogP contribution in [0.4, 0.5) is 9.18 Å². The molecule has 0 radical (unpaired) electrons. The lowest BCUT2D eigenvalue weighted by molar-refractivity contribution is 0.0947. The van der Waals surface area contributed by atoms with Crippen molar-refractivity contribution in [2.45, 2.75) is 6.42 Å². The molecule has 2 rings (SSSR count). The van der Waals surface area contributed by atoms with Crippen molar-refractivity contribution in [2.75, 3.05) is 0 Å². The van der Waals surface area contributed by atoms with Gasteiger partial charge in [0.1, 0.15) is 11.6 Å². The van der Waals surface area contributed by atoms with Gasteiger partial charge in [-0.05, 0) is 29.8 Å². The Morgan fingerprint density at radius 3 is 2.52 bits per heavy atom. The first-order valence-electron chi connectivity index (χ1n) is 6.44. The topological polar surface area (TPSA) is 79.2 Å². The van der Waals surface area contributed by atoms with Gasteiger partial charge in [0.25, 0.3) is 5.91 Å². The number of amides is 2. The summed E-state index contributed by atoms with van der Waals surface area (Å²) in [6.45, 7) is 0. The van der Waals surface area contributed by atoms with Crippen LogP contribution in [-0.4, -0.2) is 12.0 Å². The van der Waals surface area contributed by atoms with E-state index in [1.807, 2.05) is 11.4 Å². The summed E-state index contributed by atoms with van der Waals surface area (Å²) < 4.78 is 18.5. The van der Waals surface area contributed by atoms with E-state index in [-0.39, 0.29) is 17.2 Å². The van der Waals surface area contributed by atoms with Crippen LogP contribution in [0, 0.1) is 17.1 Å². The van der Waals surface area contributed by atoms with Gasteiger partial charge in [0.05, 0.1) is 23.1 Å². The van der Waals surface area contributed by atoms with Crippen molar-refractivity contribution in [3.05, 3.63) is 64.4 Å². The van der Waals surface area contributed by atoms with Crippen LogP contribution < -0.4 is 10.1 Å². The van der Waals surface area contributed by atoms with Gasteiger partial charge in [0, 0.05) is 0 Å². The Balaban J connectivity index is 2.02. The highest BCUT2D eigenvalue weighted by Crippen LogP contribution is 2.19. The maximum atomic E-state index is 13.6. The number of hydrogen-bond donors (Lipinski definition) is 1. The highest BCUT2D eigenvalue weighted by Gasteiger charge is 2.19. The summed E-state index contributed by atoms with van der Waals surface area (Å²) in [4.78, 5) is 23.5. The molecular weight excluding hydrogens is 323 g/mol. The second kappa shape index (κ2) is 7.38. The summed E-state index contributed by atoms with van der Waals surface area (Å²) in [7, 11) is 0. The number of nitrogens with zero attached hydrogens (tertiary/aromatic N) is 1. The molecule has 0 aromatic heterocycles. The lowest BCUT2D eigenvalue weighted by Gasteiger charge is -2.08.